The maximum Gasteiger partial charge on any atom is 0.195 e. The number of para-hydroxylation sites is 2. The van der Waals surface area contributed by atoms with Crippen LogP contribution < -0.4 is 4.74 Å². The van der Waals surface area contributed by atoms with Gasteiger partial charge in [0.05, 0.1) is 12.8 Å². The Morgan fingerprint density at radius 1 is 1.33 bits per heavy atom. The molecule has 18 heavy (non-hydrogen) atoms. The van der Waals surface area contributed by atoms with Crippen molar-refractivity contribution in [3.8, 4) is 11.4 Å². The topological polar surface area (TPSA) is 39.9 Å². The van der Waals surface area contributed by atoms with Crippen LogP contribution in [0.4, 0.5) is 0 Å². The lowest BCUT2D eigenvalue weighted by molar-refractivity contribution is 0.412. The Labute approximate surface area is 111 Å². The van der Waals surface area contributed by atoms with Gasteiger partial charge < -0.3 is 4.74 Å². The molecule has 0 saturated heterocycles. The van der Waals surface area contributed by atoms with Gasteiger partial charge in [0.15, 0.2) is 5.16 Å². The highest BCUT2D eigenvalue weighted by molar-refractivity contribution is 7.99. The zero-order chi connectivity index (χ0) is 12.8. The van der Waals surface area contributed by atoms with Crippen LogP contribution in [0.1, 0.15) is 19.8 Å². The quantitative estimate of drug-likeness (QED) is 0.593. The molecule has 0 saturated carbocycles. The Hall–Kier alpha value is -1.49. The van der Waals surface area contributed by atoms with E-state index < -0.39 is 0 Å². The Morgan fingerprint density at radius 3 is 2.94 bits per heavy atom. The van der Waals surface area contributed by atoms with E-state index in [2.05, 4.69) is 17.1 Å². The molecule has 2 aromatic rings. The van der Waals surface area contributed by atoms with Crippen LogP contribution >= 0.6 is 11.8 Å². The summed E-state index contributed by atoms with van der Waals surface area (Å²) in [5.74, 6) is 1.89. The largest absolute Gasteiger partial charge is 0.495 e. The summed E-state index contributed by atoms with van der Waals surface area (Å²) in [5, 5.41) is 9.06. The van der Waals surface area contributed by atoms with Crippen LogP contribution in [0.2, 0.25) is 0 Å². The SMILES string of the molecule is CCCCSc1nncn1-c1ccccc1OC. The molecule has 0 aliphatic carbocycles. The second-order valence-corrected chi connectivity index (χ2v) is 4.92. The molecule has 0 fully saturated rings. The number of benzene rings is 1. The molecule has 0 bridgehead atoms. The first-order chi connectivity index (χ1) is 8.86. The summed E-state index contributed by atoms with van der Waals surface area (Å²) in [5.41, 5.74) is 0.976. The molecule has 96 valence electrons. The molecule has 4 nitrogen and oxygen atoms in total. The van der Waals surface area contributed by atoms with Crippen LogP contribution in [-0.4, -0.2) is 27.6 Å². The van der Waals surface area contributed by atoms with Crippen LogP contribution in [0.3, 0.4) is 0 Å². The molecule has 1 heterocycles. The van der Waals surface area contributed by atoms with Crippen LogP contribution in [0.15, 0.2) is 35.7 Å². The van der Waals surface area contributed by atoms with Crippen molar-refractivity contribution in [2.24, 2.45) is 0 Å². The van der Waals surface area contributed by atoms with Gasteiger partial charge in [0, 0.05) is 5.75 Å². The predicted octanol–water partition coefficient (Wildman–Crippen LogP) is 3.17. The van der Waals surface area contributed by atoms with Crippen LogP contribution in [-0.2, 0) is 0 Å². The van der Waals surface area contributed by atoms with Gasteiger partial charge >= 0.3 is 0 Å². The lowest BCUT2D eigenvalue weighted by atomic mass is 10.3. The smallest absolute Gasteiger partial charge is 0.195 e. The van der Waals surface area contributed by atoms with Gasteiger partial charge in [-0.2, -0.15) is 0 Å². The third kappa shape index (κ3) is 2.85. The average molecular weight is 263 g/mol. The molecule has 0 N–H and O–H groups in total. The Balaban J connectivity index is 2.25. The number of unbranched alkanes of at least 4 members (excludes halogenated alkanes) is 1. The number of nitrogens with zero attached hydrogens (tertiary/aromatic N) is 3. The number of hydrogen-bond acceptors (Lipinski definition) is 4. The summed E-state index contributed by atoms with van der Waals surface area (Å²) in [4.78, 5) is 0. The zero-order valence-corrected chi connectivity index (χ0v) is 11.5. The molecule has 0 unspecified atom stereocenters. The third-order valence-electron chi connectivity index (χ3n) is 2.59. The second kappa shape index (κ2) is 6.44. The van der Waals surface area contributed by atoms with Gasteiger partial charge in [-0.3, -0.25) is 4.57 Å². The van der Waals surface area contributed by atoms with E-state index in [9.17, 15) is 0 Å². The summed E-state index contributed by atoms with van der Waals surface area (Å²) in [6, 6.07) is 7.89. The minimum Gasteiger partial charge on any atom is -0.495 e. The number of aromatic nitrogens is 3. The number of methoxy groups -OCH3 is 1. The molecule has 0 aliphatic heterocycles. The minimum absolute atomic E-state index is 0.828. The molecule has 5 heteroatoms. The van der Waals surface area contributed by atoms with Gasteiger partial charge in [0.2, 0.25) is 0 Å². The van der Waals surface area contributed by atoms with Gasteiger partial charge in [-0.25, -0.2) is 0 Å². The van der Waals surface area contributed by atoms with Crippen molar-refractivity contribution in [3.63, 3.8) is 0 Å². The lowest BCUT2D eigenvalue weighted by Crippen LogP contribution is -1.98. The summed E-state index contributed by atoms with van der Waals surface area (Å²) >= 11 is 1.73. The van der Waals surface area contributed by atoms with Crippen LogP contribution in [0, 0.1) is 0 Å². The van der Waals surface area contributed by atoms with Crippen LogP contribution in [0.25, 0.3) is 5.69 Å². The number of thioether (sulfide) groups is 1. The average Bonchev–Trinajstić information content (AvgIpc) is 2.87. The first-order valence-electron chi connectivity index (χ1n) is 6.03. The summed E-state index contributed by atoms with van der Waals surface area (Å²) in [7, 11) is 1.67. The molecule has 0 atom stereocenters. The van der Waals surface area contributed by atoms with E-state index in [1.54, 1.807) is 25.2 Å². The van der Waals surface area contributed by atoms with Crippen molar-refractivity contribution >= 4 is 11.8 Å². The molecule has 1 aromatic heterocycles. The van der Waals surface area contributed by atoms with Gasteiger partial charge in [-0.05, 0) is 18.6 Å². The van der Waals surface area contributed by atoms with Crippen molar-refractivity contribution < 1.29 is 4.74 Å². The molecule has 0 aliphatic rings. The fourth-order valence-corrected chi connectivity index (χ4v) is 2.63. The van der Waals surface area contributed by atoms with Crippen molar-refractivity contribution in [1.82, 2.24) is 14.8 Å². The van der Waals surface area contributed by atoms with E-state index in [4.69, 9.17) is 4.74 Å². The summed E-state index contributed by atoms with van der Waals surface area (Å²) < 4.78 is 7.34. The van der Waals surface area contributed by atoms with E-state index in [-0.39, 0.29) is 0 Å². The molecular weight excluding hydrogens is 246 g/mol. The third-order valence-corrected chi connectivity index (χ3v) is 3.62. The monoisotopic (exact) mass is 263 g/mol. The molecule has 0 spiro atoms. The summed E-state index contributed by atoms with van der Waals surface area (Å²) in [6.07, 6.45) is 4.10. The lowest BCUT2D eigenvalue weighted by Gasteiger charge is -2.10. The highest BCUT2D eigenvalue weighted by atomic mass is 32.2. The number of rotatable bonds is 6. The molecule has 0 amide bonds. The maximum absolute atomic E-state index is 5.36. The van der Waals surface area contributed by atoms with Gasteiger partial charge in [0.1, 0.15) is 12.1 Å². The van der Waals surface area contributed by atoms with Gasteiger partial charge in [-0.1, -0.05) is 37.2 Å². The zero-order valence-electron chi connectivity index (χ0n) is 10.7. The molecule has 0 radical (unpaired) electrons. The molecule has 2 rings (SSSR count). The highest BCUT2D eigenvalue weighted by Crippen LogP contribution is 2.26. The van der Waals surface area contributed by atoms with E-state index in [0.29, 0.717) is 0 Å². The Morgan fingerprint density at radius 2 is 2.17 bits per heavy atom. The van der Waals surface area contributed by atoms with Gasteiger partial charge in [-0.15, -0.1) is 10.2 Å². The molecule has 1 aromatic carbocycles. The first kappa shape index (κ1) is 13.0. The fourth-order valence-electron chi connectivity index (χ4n) is 1.62. The predicted molar refractivity (Wildman–Crippen MR) is 73.5 cm³/mol. The van der Waals surface area contributed by atoms with Crippen molar-refractivity contribution in [2.75, 3.05) is 12.9 Å². The summed E-state index contributed by atoms with van der Waals surface area (Å²) in [6.45, 7) is 2.19. The van der Waals surface area contributed by atoms with E-state index >= 15 is 0 Å². The van der Waals surface area contributed by atoms with Crippen LogP contribution in [0.5, 0.6) is 5.75 Å². The standard InChI is InChI=1S/C13H17N3OS/c1-3-4-9-18-13-15-14-10-16(13)11-7-5-6-8-12(11)17-2/h5-8,10H,3-4,9H2,1-2H3. The van der Waals surface area contributed by atoms with E-state index in [0.717, 1.165) is 22.3 Å². The molecular formula is C13H17N3OS. The number of hydrogen-bond donors (Lipinski definition) is 0. The first-order valence-corrected chi connectivity index (χ1v) is 7.01. The van der Waals surface area contributed by atoms with Gasteiger partial charge in [0.25, 0.3) is 0 Å². The Bertz CT molecular complexity index is 498. The number of ether oxygens (including phenoxy) is 1. The maximum atomic E-state index is 5.36. The fraction of sp³-hybridized carbons (Fsp3) is 0.385. The second-order valence-electron chi connectivity index (χ2n) is 3.86. The van der Waals surface area contributed by atoms with Crippen molar-refractivity contribution in [3.05, 3.63) is 30.6 Å². The van der Waals surface area contributed by atoms with E-state index in [1.807, 2.05) is 28.8 Å². The normalized spacial score (nSPS) is 10.6. The van der Waals surface area contributed by atoms with Crippen molar-refractivity contribution in [1.29, 1.82) is 0 Å². The highest BCUT2D eigenvalue weighted by Gasteiger charge is 2.10. The van der Waals surface area contributed by atoms with E-state index in [1.165, 1.54) is 12.8 Å². The van der Waals surface area contributed by atoms with Crippen molar-refractivity contribution in [2.45, 2.75) is 24.9 Å². The minimum atomic E-state index is 0.828. The Kier molecular flexibility index (Phi) is 4.64.